The van der Waals surface area contributed by atoms with Crippen LogP contribution in [0.25, 0.3) is 0 Å². The first kappa shape index (κ1) is 11.6. The molecule has 0 aliphatic heterocycles. The van der Waals surface area contributed by atoms with Crippen LogP contribution in [0.2, 0.25) is 0 Å². The summed E-state index contributed by atoms with van der Waals surface area (Å²) in [6.07, 6.45) is 1.41. The van der Waals surface area contributed by atoms with Crippen molar-refractivity contribution < 1.29 is 4.79 Å². The Morgan fingerprint density at radius 1 is 1.47 bits per heavy atom. The molecule has 0 aliphatic carbocycles. The number of aromatic nitrogens is 4. The summed E-state index contributed by atoms with van der Waals surface area (Å²) < 4.78 is 1.38. The van der Waals surface area contributed by atoms with E-state index in [0.717, 1.165) is 6.54 Å². The molecule has 0 spiro atoms. The summed E-state index contributed by atoms with van der Waals surface area (Å²) in [6.45, 7) is 5.65. The van der Waals surface area contributed by atoms with E-state index in [2.05, 4.69) is 40.0 Å². The number of rotatable bonds is 6. The second kappa shape index (κ2) is 6.07. The molecule has 0 saturated heterocycles. The van der Waals surface area contributed by atoms with Gasteiger partial charge in [0.05, 0.1) is 0 Å². The minimum absolute atomic E-state index is 0.0899. The fourth-order valence-corrected chi connectivity index (χ4v) is 1.02. The number of tetrazole rings is 1. The zero-order chi connectivity index (χ0) is 11.1. The van der Waals surface area contributed by atoms with Gasteiger partial charge >= 0.3 is 0 Å². The Bertz CT molecular complexity index is 283. The summed E-state index contributed by atoms with van der Waals surface area (Å²) in [5, 5.41) is 16.4. The van der Waals surface area contributed by atoms with E-state index in [-0.39, 0.29) is 12.5 Å². The lowest BCUT2D eigenvalue weighted by Crippen LogP contribution is -2.36. The molecule has 15 heavy (non-hydrogen) atoms. The van der Waals surface area contributed by atoms with E-state index >= 15 is 0 Å². The van der Waals surface area contributed by atoms with Crippen molar-refractivity contribution in [1.82, 2.24) is 30.8 Å². The predicted molar refractivity (Wildman–Crippen MR) is 54.0 cm³/mol. The largest absolute Gasteiger partial charge is 0.353 e. The zero-order valence-electron chi connectivity index (χ0n) is 8.97. The molecule has 1 aromatic heterocycles. The Kier molecular flexibility index (Phi) is 4.69. The van der Waals surface area contributed by atoms with Gasteiger partial charge in [0, 0.05) is 19.1 Å². The van der Waals surface area contributed by atoms with Gasteiger partial charge < -0.3 is 10.6 Å². The lowest BCUT2D eigenvalue weighted by Gasteiger charge is -2.08. The summed E-state index contributed by atoms with van der Waals surface area (Å²) in [6, 6.07) is 0.432. The Morgan fingerprint density at radius 2 is 2.27 bits per heavy atom. The maximum atomic E-state index is 11.3. The van der Waals surface area contributed by atoms with E-state index in [9.17, 15) is 4.79 Å². The van der Waals surface area contributed by atoms with Crippen molar-refractivity contribution in [2.45, 2.75) is 26.4 Å². The molecule has 84 valence electrons. The molecule has 0 aromatic carbocycles. The topological polar surface area (TPSA) is 84.7 Å². The lowest BCUT2D eigenvalue weighted by molar-refractivity contribution is -0.121. The van der Waals surface area contributed by atoms with Crippen LogP contribution < -0.4 is 10.6 Å². The SMILES string of the molecule is CC(C)NCCNC(=O)Cn1cnnn1. The average Bonchev–Trinajstić information content (AvgIpc) is 2.64. The number of nitrogens with zero attached hydrogens (tertiary/aromatic N) is 4. The molecule has 0 fully saturated rings. The molecule has 0 bridgehead atoms. The van der Waals surface area contributed by atoms with E-state index in [0.29, 0.717) is 12.6 Å². The zero-order valence-corrected chi connectivity index (χ0v) is 8.97. The molecule has 1 aromatic rings. The van der Waals surface area contributed by atoms with E-state index in [4.69, 9.17) is 0 Å². The van der Waals surface area contributed by atoms with Gasteiger partial charge in [-0.1, -0.05) is 13.8 Å². The molecule has 0 unspecified atom stereocenters. The van der Waals surface area contributed by atoms with Gasteiger partial charge in [-0.15, -0.1) is 5.10 Å². The predicted octanol–water partition coefficient (Wildman–Crippen LogP) is -1.21. The molecule has 0 aliphatic rings. The molecule has 1 rings (SSSR count). The maximum absolute atomic E-state index is 11.3. The molecule has 0 atom stereocenters. The van der Waals surface area contributed by atoms with E-state index in [1.54, 1.807) is 0 Å². The highest BCUT2D eigenvalue weighted by Crippen LogP contribution is 1.78. The van der Waals surface area contributed by atoms with Gasteiger partial charge in [0.25, 0.3) is 0 Å². The Morgan fingerprint density at radius 3 is 2.87 bits per heavy atom. The standard InChI is InChI=1S/C8H16N6O/c1-7(2)9-3-4-10-8(15)5-14-6-11-12-13-14/h6-7,9H,3-5H2,1-2H3,(H,10,15). The maximum Gasteiger partial charge on any atom is 0.241 e. The van der Waals surface area contributed by atoms with Crippen LogP contribution in [0.5, 0.6) is 0 Å². The molecule has 1 heterocycles. The second-order valence-electron chi connectivity index (χ2n) is 3.47. The van der Waals surface area contributed by atoms with Crippen LogP contribution in [0, 0.1) is 0 Å². The van der Waals surface area contributed by atoms with Crippen LogP contribution in [0.3, 0.4) is 0 Å². The first-order valence-corrected chi connectivity index (χ1v) is 4.89. The molecule has 0 saturated carbocycles. The lowest BCUT2D eigenvalue weighted by atomic mass is 10.4. The molecular weight excluding hydrogens is 196 g/mol. The van der Waals surface area contributed by atoms with E-state index < -0.39 is 0 Å². The van der Waals surface area contributed by atoms with Crippen molar-refractivity contribution in [1.29, 1.82) is 0 Å². The smallest absolute Gasteiger partial charge is 0.241 e. The highest BCUT2D eigenvalue weighted by Gasteiger charge is 2.02. The average molecular weight is 212 g/mol. The molecule has 7 nitrogen and oxygen atoms in total. The molecule has 0 radical (unpaired) electrons. The normalized spacial score (nSPS) is 10.6. The van der Waals surface area contributed by atoms with Crippen LogP contribution in [0.1, 0.15) is 13.8 Å². The van der Waals surface area contributed by atoms with Crippen molar-refractivity contribution in [3.8, 4) is 0 Å². The van der Waals surface area contributed by atoms with Gasteiger partial charge in [-0.3, -0.25) is 4.79 Å². The van der Waals surface area contributed by atoms with Crippen molar-refractivity contribution in [3.05, 3.63) is 6.33 Å². The summed E-state index contributed by atoms with van der Waals surface area (Å²) in [4.78, 5) is 11.3. The van der Waals surface area contributed by atoms with Gasteiger partial charge in [-0.05, 0) is 10.4 Å². The number of nitrogens with one attached hydrogen (secondary N) is 2. The molecule has 1 amide bonds. The second-order valence-corrected chi connectivity index (χ2v) is 3.47. The number of carbonyl (C=O) groups is 1. The van der Waals surface area contributed by atoms with Gasteiger partial charge in [0.1, 0.15) is 12.9 Å². The highest BCUT2D eigenvalue weighted by molar-refractivity contribution is 5.75. The summed E-state index contributed by atoms with van der Waals surface area (Å²) >= 11 is 0. The minimum Gasteiger partial charge on any atom is -0.353 e. The van der Waals surface area contributed by atoms with Gasteiger partial charge in [-0.2, -0.15) is 0 Å². The first-order valence-electron chi connectivity index (χ1n) is 4.89. The van der Waals surface area contributed by atoms with Gasteiger partial charge in [0.15, 0.2) is 0 Å². The fourth-order valence-electron chi connectivity index (χ4n) is 1.02. The molecule has 7 heteroatoms. The Labute approximate surface area is 88.2 Å². The van der Waals surface area contributed by atoms with Crippen LogP contribution in [-0.2, 0) is 11.3 Å². The van der Waals surface area contributed by atoms with Crippen molar-refractivity contribution >= 4 is 5.91 Å². The van der Waals surface area contributed by atoms with Crippen LogP contribution in [-0.4, -0.2) is 45.2 Å². The third-order valence-electron chi connectivity index (χ3n) is 1.70. The number of amides is 1. The van der Waals surface area contributed by atoms with Gasteiger partial charge in [-0.25, -0.2) is 4.68 Å². The van der Waals surface area contributed by atoms with Crippen molar-refractivity contribution in [2.75, 3.05) is 13.1 Å². The number of carbonyl (C=O) groups excluding carboxylic acids is 1. The Hall–Kier alpha value is -1.50. The fraction of sp³-hybridized carbons (Fsp3) is 0.750. The van der Waals surface area contributed by atoms with Gasteiger partial charge in [0.2, 0.25) is 5.91 Å². The number of hydrogen-bond acceptors (Lipinski definition) is 5. The summed E-state index contributed by atoms with van der Waals surface area (Å²) in [5.41, 5.74) is 0. The third-order valence-corrected chi connectivity index (χ3v) is 1.70. The Balaban J connectivity index is 2.09. The minimum atomic E-state index is -0.0899. The third kappa shape index (κ3) is 5.06. The van der Waals surface area contributed by atoms with Crippen molar-refractivity contribution in [2.24, 2.45) is 0 Å². The first-order chi connectivity index (χ1) is 7.18. The number of hydrogen-bond donors (Lipinski definition) is 2. The summed E-state index contributed by atoms with van der Waals surface area (Å²) in [7, 11) is 0. The van der Waals surface area contributed by atoms with Crippen LogP contribution >= 0.6 is 0 Å². The quantitative estimate of drug-likeness (QED) is 0.578. The monoisotopic (exact) mass is 212 g/mol. The summed E-state index contributed by atoms with van der Waals surface area (Å²) in [5.74, 6) is -0.0899. The van der Waals surface area contributed by atoms with Crippen molar-refractivity contribution in [3.63, 3.8) is 0 Å². The highest BCUT2D eigenvalue weighted by atomic mass is 16.2. The van der Waals surface area contributed by atoms with Crippen LogP contribution in [0.4, 0.5) is 0 Å². The van der Waals surface area contributed by atoms with Crippen LogP contribution in [0.15, 0.2) is 6.33 Å². The molecular formula is C8H16N6O. The van der Waals surface area contributed by atoms with E-state index in [1.165, 1.54) is 11.0 Å². The van der Waals surface area contributed by atoms with E-state index in [1.807, 2.05) is 0 Å². The molecule has 2 N–H and O–H groups in total.